The summed E-state index contributed by atoms with van der Waals surface area (Å²) in [6.45, 7) is 9.26. The van der Waals surface area contributed by atoms with E-state index in [4.69, 9.17) is 0 Å². The van der Waals surface area contributed by atoms with Gasteiger partial charge in [0.1, 0.15) is 0 Å². The van der Waals surface area contributed by atoms with E-state index < -0.39 is 0 Å². The van der Waals surface area contributed by atoms with Gasteiger partial charge in [0.05, 0.1) is 0 Å². The van der Waals surface area contributed by atoms with Crippen LogP contribution in [0.3, 0.4) is 0 Å². The fraction of sp³-hybridized carbons (Fsp3) is 0.818. The fourth-order valence-electron chi connectivity index (χ4n) is 1.78. The Morgan fingerprint density at radius 2 is 2.00 bits per heavy atom. The van der Waals surface area contributed by atoms with Crippen LogP contribution in [-0.4, -0.2) is 0 Å². The van der Waals surface area contributed by atoms with E-state index in [1.807, 2.05) is 0 Å². The summed E-state index contributed by atoms with van der Waals surface area (Å²) in [4.78, 5) is 0. The maximum Gasteiger partial charge on any atom is -0.0208 e. The maximum absolute atomic E-state index is 2.48. The molecule has 11 heavy (non-hydrogen) atoms. The van der Waals surface area contributed by atoms with Crippen molar-refractivity contribution < 1.29 is 0 Å². The van der Waals surface area contributed by atoms with Gasteiger partial charge in [-0.2, -0.15) is 0 Å². The third-order valence-corrected chi connectivity index (χ3v) is 3.04. The van der Waals surface area contributed by atoms with Crippen LogP contribution in [0.15, 0.2) is 11.6 Å². The first-order valence-corrected chi connectivity index (χ1v) is 4.79. The van der Waals surface area contributed by atoms with E-state index >= 15 is 0 Å². The molecular formula is C11H20. The summed E-state index contributed by atoms with van der Waals surface area (Å²) in [6.07, 6.45) is 5.28. The Morgan fingerprint density at radius 3 is 2.45 bits per heavy atom. The van der Waals surface area contributed by atoms with Crippen LogP contribution in [0.1, 0.15) is 40.5 Å². The average Bonchev–Trinajstić information content (AvgIpc) is 1.94. The molecule has 1 aliphatic carbocycles. The molecule has 0 N–H and O–H groups in total. The topological polar surface area (TPSA) is 0 Å². The summed E-state index contributed by atoms with van der Waals surface area (Å²) in [5.74, 6) is 2.52. The van der Waals surface area contributed by atoms with Crippen molar-refractivity contribution in [1.82, 2.24) is 0 Å². The van der Waals surface area contributed by atoms with E-state index in [9.17, 15) is 0 Å². The van der Waals surface area contributed by atoms with Gasteiger partial charge in [-0.3, -0.25) is 0 Å². The molecule has 0 radical (unpaired) electrons. The molecule has 0 saturated carbocycles. The van der Waals surface area contributed by atoms with Crippen molar-refractivity contribution in [3.05, 3.63) is 11.6 Å². The van der Waals surface area contributed by atoms with Crippen LogP contribution < -0.4 is 0 Å². The van der Waals surface area contributed by atoms with Gasteiger partial charge in [-0.05, 0) is 37.5 Å². The molecule has 0 aromatic carbocycles. The molecule has 2 atom stereocenters. The van der Waals surface area contributed by atoms with Gasteiger partial charge in [-0.15, -0.1) is 0 Å². The highest BCUT2D eigenvalue weighted by Crippen LogP contribution is 2.31. The van der Waals surface area contributed by atoms with E-state index in [-0.39, 0.29) is 0 Å². The van der Waals surface area contributed by atoms with Gasteiger partial charge >= 0.3 is 0 Å². The smallest absolute Gasteiger partial charge is 0.0208 e. The van der Waals surface area contributed by atoms with Crippen molar-refractivity contribution >= 4 is 0 Å². The molecule has 0 heterocycles. The molecule has 2 unspecified atom stereocenters. The van der Waals surface area contributed by atoms with Gasteiger partial charge in [0, 0.05) is 0 Å². The zero-order valence-corrected chi connectivity index (χ0v) is 8.22. The van der Waals surface area contributed by atoms with Crippen molar-refractivity contribution in [2.75, 3.05) is 0 Å². The SMILES string of the molecule is CC1=CC(C(C)C)CCC1C. The molecule has 0 saturated heterocycles. The second-order valence-corrected chi connectivity index (χ2v) is 4.30. The zero-order valence-electron chi connectivity index (χ0n) is 8.22. The maximum atomic E-state index is 2.48. The minimum absolute atomic E-state index is 0.831. The van der Waals surface area contributed by atoms with Crippen LogP contribution in [0.25, 0.3) is 0 Å². The Kier molecular flexibility index (Phi) is 2.75. The molecule has 0 aromatic rings. The van der Waals surface area contributed by atoms with Crippen molar-refractivity contribution in [2.45, 2.75) is 40.5 Å². The highest BCUT2D eigenvalue weighted by Gasteiger charge is 2.18. The van der Waals surface area contributed by atoms with Crippen LogP contribution in [0.5, 0.6) is 0 Å². The largest absolute Gasteiger partial charge is 0.0820 e. The summed E-state index contributed by atoms with van der Waals surface area (Å²) >= 11 is 0. The van der Waals surface area contributed by atoms with Gasteiger partial charge in [0.15, 0.2) is 0 Å². The monoisotopic (exact) mass is 152 g/mol. The first-order chi connectivity index (χ1) is 5.11. The molecule has 0 aliphatic heterocycles. The summed E-state index contributed by atoms with van der Waals surface area (Å²) in [5.41, 5.74) is 1.61. The molecule has 0 nitrogen and oxygen atoms in total. The lowest BCUT2D eigenvalue weighted by Gasteiger charge is -2.26. The van der Waals surface area contributed by atoms with Crippen LogP contribution in [0.2, 0.25) is 0 Å². The molecule has 0 aromatic heterocycles. The van der Waals surface area contributed by atoms with E-state index in [1.165, 1.54) is 12.8 Å². The molecule has 0 amide bonds. The lowest BCUT2D eigenvalue weighted by molar-refractivity contribution is 0.372. The second-order valence-electron chi connectivity index (χ2n) is 4.30. The van der Waals surface area contributed by atoms with Gasteiger partial charge in [0.25, 0.3) is 0 Å². The predicted molar refractivity (Wildman–Crippen MR) is 50.5 cm³/mol. The van der Waals surface area contributed by atoms with E-state index in [0.717, 1.165) is 17.8 Å². The number of allylic oxidation sites excluding steroid dienone is 2. The predicted octanol–water partition coefficient (Wildman–Crippen LogP) is 3.63. The summed E-state index contributed by atoms with van der Waals surface area (Å²) < 4.78 is 0. The Bertz CT molecular complexity index is 153. The fourth-order valence-corrected chi connectivity index (χ4v) is 1.78. The molecule has 0 spiro atoms. The quantitative estimate of drug-likeness (QED) is 0.503. The summed E-state index contributed by atoms with van der Waals surface area (Å²) in [7, 11) is 0. The number of hydrogen-bond donors (Lipinski definition) is 0. The lowest BCUT2D eigenvalue weighted by atomic mass is 9.79. The van der Waals surface area contributed by atoms with Crippen molar-refractivity contribution in [1.29, 1.82) is 0 Å². The zero-order chi connectivity index (χ0) is 8.43. The van der Waals surface area contributed by atoms with Crippen molar-refractivity contribution in [2.24, 2.45) is 17.8 Å². The first-order valence-electron chi connectivity index (χ1n) is 4.79. The third-order valence-electron chi connectivity index (χ3n) is 3.04. The Morgan fingerprint density at radius 1 is 1.36 bits per heavy atom. The van der Waals surface area contributed by atoms with Crippen molar-refractivity contribution in [3.8, 4) is 0 Å². The van der Waals surface area contributed by atoms with Crippen LogP contribution in [-0.2, 0) is 0 Å². The third kappa shape index (κ3) is 2.08. The minimum Gasteiger partial charge on any atom is -0.0820 e. The highest BCUT2D eigenvalue weighted by atomic mass is 14.2. The molecule has 0 fully saturated rings. The van der Waals surface area contributed by atoms with Gasteiger partial charge in [-0.1, -0.05) is 32.4 Å². The molecular weight excluding hydrogens is 132 g/mol. The Labute approximate surface area is 70.7 Å². The second kappa shape index (κ2) is 3.42. The van der Waals surface area contributed by atoms with Gasteiger partial charge < -0.3 is 0 Å². The average molecular weight is 152 g/mol. The van der Waals surface area contributed by atoms with E-state index in [0.29, 0.717) is 0 Å². The van der Waals surface area contributed by atoms with Gasteiger partial charge in [0.2, 0.25) is 0 Å². The Balaban J connectivity index is 2.62. The van der Waals surface area contributed by atoms with E-state index in [1.54, 1.807) is 5.57 Å². The summed E-state index contributed by atoms with van der Waals surface area (Å²) in [6, 6.07) is 0. The molecule has 0 bridgehead atoms. The van der Waals surface area contributed by atoms with Crippen LogP contribution in [0, 0.1) is 17.8 Å². The van der Waals surface area contributed by atoms with Crippen LogP contribution >= 0.6 is 0 Å². The molecule has 1 aliphatic rings. The summed E-state index contributed by atoms with van der Waals surface area (Å²) in [5, 5.41) is 0. The van der Waals surface area contributed by atoms with Gasteiger partial charge in [-0.25, -0.2) is 0 Å². The normalized spacial score (nSPS) is 32.3. The Hall–Kier alpha value is -0.260. The highest BCUT2D eigenvalue weighted by molar-refractivity contribution is 5.08. The standard InChI is InChI=1S/C11H20/c1-8(2)11-6-5-9(3)10(4)7-11/h7-9,11H,5-6H2,1-4H3. The van der Waals surface area contributed by atoms with E-state index in [2.05, 4.69) is 33.8 Å². The first kappa shape index (κ1) is 8.83. The molecule has 64 valence electrons. The number of rotatable bonds is 1. The molecule has 1 rings (SSSR count). The molecule has 0 heteroatoms. The lowest BCUT2D eigenvalue weighted by Crippen LogP contribution is -2.14. The minimum atomic E-state index is 0.831. The number of hydrogen-bond acceptors (Lipinski definition) is 0. The van der Waals surface area contributed by atoms with Crippen molar-refractivity contribution in [3.63, 3.8) is 0 Å². The van der Waals surface area contributed by atoms with Crippen LogP contribution in [0.4, 0.5) is 0 Å².